The fraction of sp³-hybridized carbons (Fsp3) is 1.00. The normalized spacial score (nSPS) is 40.0. The average Bonchev–Trinajstić information content (AvgIpc) is 2.62. The molecule has 50 valence electrons. The summed E-state index contributed by atoms with van der Waals surface area (Å²) in [6.45, 7) is 0. The predicted octanol–water partition coefficient (Wildman–Crippen LogP) is 0.0280. The van der Waals surface area contributed by atoms with Crippen molar-refractivity contribution < 1.29 is 24.3 Å². The minimum absolute atomic E-state index is 0.674. The maximum Gasteiger partial charge on any atom is 0.344 e. The monoisotopic (exact) mass is 132 g/mol. The van der Waals surface area contributed by atoms with Gasteiger partial charge in [-0.1, -0.05) is 0 Å². The third kappa shape index (κ3) is 0.505. The highest BCUT2D eigenvalue weighted by Gasteiger charge is 2.70. The molecule has 3 rings (SSSR count). The van der Waals surface area contributed by atoms with Crippen LogP contribution < -0.4 is 0 Å². The zero-order valence-electron chi connectivity index (χ0n) is 4.46. The first-order valence-electron chi connectivity index (χ1n) is 2.77. The van der Waals surface area contributed by atoms with Crippen LogP contribution in [0.2, 0.25) is 0 Å². The van der Waals surface area contributed by atoms with E-state index in [1.54, 1.807) is 0 Å². The highest BCUT2D eigenvalue weighted by molar-refractivity contribution is 4.79. The van der Waals surface area contributed by atoms with Gasteiger partial charge in [-0.2, -0.15) is 19.6 Å². The fourth-order valence-electron chi connectivity index (χ4n) is 0.973. The molecule has 3 aliphatic heterocycles. The highest BCUT2D eigenvalue weighted by atomic mass is 17.5. The summed E-state index contributed by atoms with van der Waals surface area (Å²) in [7, 11) is 0. The SMILES string of the molecule is C1CC2(OO2)OC12OO2. The third-order valence-corrected chi connectivity index (χ3v) is 1.59. The summed E-state index contributed by atoms with van der Waals surface area (Å²) < 4.78 is 5.07. The molecule has 0 aliphatic carbocycles. The molecule has 5 nitrogen and oxygen atoms in total. The van der Waals surface area contributed by atoms with Crippen LogP contribution in [-0.2, 0) is 24.3 Å². The van der Waals surface area contributed by atoms with Crippen molar-refractivity contribution in [3.05, 3.63) is 0 Å². The smallest absolute Gasteiger partial charge is 0.262 e. The molecule has 0 unspecified atom stereocenters. The van der Waals surface area contributed by atoms with Crippen LogP contribution in [-0.4, -0.2) is 11.9 Å². The van der Waals surface area contributed by atoms with Gasteiger partial charge in [0.15, 0.2) is 0 Å². The first kappa shape index (κ1) is 4.59. The minimum Gasteiger partial charge on any atom is -0.262 e. The maximum atomic E-state index is 5.07. The molecule has 0 bridgehead atoms. The van der Waals surface area contributed by atoms with E-state index in [0.717, 1.165) is 0 Å². The summed E-state index contributed by atoms with van der Waals surface area (Å²) in [6.07, 6.45) is 1.35. The van der Waals surface area contributed by atoms with E-state index >= 15 is 0 Å². The lowest BCUT2D eigenvalue weighted by molar-refractivity contribution is -0.116. The zero-order chi connectivity index (χ0) is 5.95. The molecule has 0 saturated carbocycles. The van der Waals surface area contributed by atoms with Crippen molar-refractivity contribution in [1.82, 2.24) is 0 Å². The Bertz CT molecular complexity index is 140. The summed E-state index contributed by atoms with van der Waals surface area (Å²) in [4.78, 5) is 18.2. The fourth-order valence-corrected chi connectivity index (χ4v) is 0.973. The van der Waals surface area contributed by atoms with Gasteiger partial charge in [0.2, 0.25) is 0 Å². The first-order chi connectivity index (χ1) is 4.33. The lowest BCUT2D eigenvalue weighted by atomic mass is 10.3. The molecule has 0 aromatic rings. The first-order valence-corrected chi connectivity index (χ1v) is 2.77. The van der Waals surface area contributed by atoms with Crippen LogP contribution in [0.5, 0.6) is 0 Å². The van der Waals surface area contributed by atoms with Gasteiger partial charge < -0.3 is 0 Å². The Morgan fingerprint density at radius 1 is 0.778 bits per heavy atom. The second-order valence-corrected chi connectivity index (χ2v) is 2.30. The van der Waals surface area contributed by atoms with E-state index in [9.17, 15) is 0 Å². The van der Waals surface area contributed by atoms with Gasteiger partial charge in [-0.3, -0.25) is 4.74 Å². The summed E-state index contributed by atoms with van der Waals surface area (Å²) in [5, 5.41) is 0. The van der Waals surface area contributed by atoms with Crippen LogP contribution in [0.4, 0.5) is 0 Å². The van der Waals surface area contributed by atoms with Gasteiger partial charge in [0.1, 0.15) is 0 Å². The van der Waals surface area contributed by atoms with E-state index in [4.69, 9.17) is 4.74 Å². The molecule has 3 heterocycles. The highest BCUT2D eigenvalue weighted by Crippen LogP contribution is 2.54. The van der Waals surface area contributed by atoms with E-state index < -0.39 is 11.9 Å². The summed E-state index contributed by atoms with van der Waals surface area (Å²) in [6, 6.07) is 0. The quantitative estimate of drug-likeness (QED) is 0.343. The number of hydrogen-bond acceptors (Lipinski definition) is 5. The van der Waals surface area contributed by atoms with Crippen molar-refractivity contribution in [3.63, 3.8) is 0 Å². The van der Waals surface area contributed by atoms with Gasteiger partial charge in [0.25, 0.3) is 0 Å². The van der Waals surface area contributed by atoms with E-state index in [2.05, 4.69) is 19.6 Å². The molecule has 0 atom stereocenters. The predicted molar refractivity (Wildman–Crippen MR) is 20.1 cm³/mol. The lowest BCUT2D eigenvalue weighted by Gasteiger charge is -1.92. The molecule has 9 heavy (non-hydrogen) atoms. The molecule has 0 N–H and O–H groups in total. The zero-order valence-corrected chi connectivity index (χ0v) is 4.46. The van der Waals surface area contributed by atoms with Crippen LogP contribution in [0.25, 0.3) is 0 Å². The Hall–Kier alpha value is -0.200. The second kappa shape index (κ2) is 1.02. The molecule has 3 fully saturated rings. The van der Waals surface area contributed by atoms with Crippen molar-refractivity contribution in [2.45, 2.75) is 24.8 Å². The molecule has 0 amide bonds. The van der Waals surface area contributed by atoms with Crippen molar-refractivity contribution in [1.29, 1.82) is 0 Å². The van der Waals surface area contributed by atoms with Crippen molar-refractivity contribution in [2.75, 3.05) is 0 Å². The van der Waals surface area contributed by atoms with Gasteiger partial charge in [-0.05, 0) is 0 Å². The van der Waals surface area contributed by atoms with E-state index in [1.807, 2.05) is 0 Å². The lowest BCUT2D eigenvalue weighted by Crippen LogP contribution is -2.13. The Labute approximate surface area is 50.2 Å². The molecule has 0 radical (unpaired) electrons. The summed E-state index contributed by atoms with van der Waals surface area (Å²) in [5.74, 6) is -1.62. The molecule has 0 aromatic carbocycles. The summed E-state index contributed by atoms with van der Waals surface area (Å²) in [5.41, 5.74) is 0. The van der Waals surface area contributed by atoms with Crippen LogP contribution in [0.15, 0.2) is 0 Å². The molecule has 0 aromatic heterocycles. The van der Waals surface area contributed by atoms with Crippen LogP contribution >= 0.6 is 0 Å². The van der Waals surface area contributed by atoms with E-state index in [1.165, 1.54) is 0 Å². The van der Waals surface area contributed by atoms with Crippen LogP contribution in [0, 0.1) is 0 Å². The number of rotatable bonds is 0. The third-order valence-electron chi connectivity index (χ3n) is 1.59. The van der Waals surface area contributed by atoms with Crippen molar-refractivity contribution in [3.8, 4) is 0 Å². The molecule has 2 spiro atoms. The molecular formula is C4H4O5. The topological polar surface area (TPSA) is 59.4 Å². The van der Waals surface area contributed by atoms with Gasteiger partial charge in [0, 0.05) is 12.8 Å². The van der Waals surface area contributed by atoms with E-state index in [0.29, 0.717) is 12.8 Å². The Kier molecular flexibility index (Phi) is 0.520. The van der Waals surface area contributed by atoms with Gasteiger partial charge in [0.05, 0.1) is 0 Å². The van der Waals surface area contributed by atoms with Crippen molar-refractivity contribution >= 4 is 0 Å². The van der Waals surface area contributed by atoms with Crippen molar-refractivity contribution in [2.24, 2.45) is 0 Å². The van der Waals surface area contributed by atoms with Crippen LogP contribution in [0.1, 0.15) is 12.8 Å². The molecule has 3 aliphatic rings. The Morgan fingerprint density at radius 3 is 1.44 bits per heavy atom. The van der Waals surface area contributed by atoms with Crippen LogP contribution in [0.3, 0.4) is 0 Å². The average molecular weight is 132 g/mol. The molecule has 5 heteroatoms. The largest absolute Gasteiger partial charge is 0.344 e. The standard InChI is InChI=1S/C4H4O5/c1-2-4(8-9-4)5-3(1)6-7-3/h1-2H2. The van der Waals surface area contributed by atoms with Gasteiger partial charge >= 0.3 is 11.9 Å². The molecular weight excluding hydrogens is 128 g/mol. The Balaban J connectivity index is 1.86. The maximum absolute atomic E-state index is 5.07. The Morgan fingerprint density at radius 2 is 1.22 bits per heavy atom. The van der Waals surface area contributed by atoms with E-state index in [-0.39, 0.29) is 0 Å². The number of hydrogen-bond donors (Lipinski definition) is 0. The number of ether oxygens (including phenoxy) is 1. The second-order valence-electron chi connectivity index (χ2n) is 2.30. The summed E-state index contributed by atoms with van der Waals surface area (Å²) >= 11 is 0. The molecule has 3 saturated heterocycles. The van der Waals surface area contributed by atoms with Gasteiger partial charge in [-0.15, -0.1) is 0 Å². The van der Waals surface area contributed by atoms with Gasteiger partial charge in [-0.25, -0.2) is 0 Å². The minimum atomic E-state index is -0.809.